The zero-order valence-corrected chi connectivity index (χ0v) is 16.1. The summed E-state index contributed by atoms with van der Waals surface area (Å²) in [4.78, 5) is 24.6. The lowest BCUT2D eigenvalue weighted by atomic mass is 10.1. The maximum Gasteiger partial charge on any atom is 0.267 e. The van der Waals surface area contributed by atoms with Crippen molar-refractivity contribution in [1.82, 2.24) is 9.78 Å². The fourth-order valence-electron chi connectivity index (χ4n) is 2.67. The largest absolute Gasteiger partial charge is 0.496 e. The van der Waals surface area contributed by atoms with Gasteiger partial charge in [0.1, 0.15) is 18.0 Å². The summed E-state index contributed by atoms with van der Waals surface area (Å²) in [7, 11) is 3.04. The van der Waals surface area contributed by atoms with Crippen LogP contribution in [0.3, 0.4) is 0 Å². The molecule has 0 saturated heterocycles. The lowest BCUT2D eigenvalue weighted by molar-refractivity contribution is -0.117. The van der Waals surface area contributed by atoms with Gasteiger partial charge in [0.05, 0.1) is 25.6 Å². The van der Waals surface area contributed by atoms with Gasteiger partial charge in [-0.2, -0.15) is 5.10 Å². The lowest BCUT2D eigenvalue weighted by Gasteiger charge is -2.12. The van der Waals surface area contributed by atoms with Crippen LogP contribution in [0, 0.1) is 0 Å². The number of rotatable bonds is 6. The van der Waals surface area contributed by atoms with E-state index in [9.17, 15) is 9.59 Å². The van der Waals surface area contributed by atoms with Gasteiger partial charge in [-0.25, -0.2) is 4.68 Å². The number of nitrogens with one attached hydrogen (secondary N) is 1. The van der Waals surface area contributed by atoms with E-state index in [-0.39, 0.29) is 6.54 Å². The molecule has 0 aliphatic carbocycles. The third kappa shape index (κ3) is 4.32. The third-order valence-electron chi connectivity index (χ3n) is 3.98. The normalized spacial score (nSPS) is 10.4. The molecule has 2 aromatic carbocycles. The van der Waals surface area contributed by atoms with Crippen LogP contribution >= 0.6 is 11.6 Å². The molecule has 1 aromatic heterocycles. The van der Waals surface area contributed by atoms with Gasteiger partial charge in [0, 0.05) is 16.7 Å². The molecule has 0 bridgehead atoms. The van der Waals surface area contributed by atoms with Crippen LogP contribution in [-0.4, -0.2) is 29.9 Å². The minimum atomic E-state index is -0.438. The van der Waals surface area contributed by atoms with Gasteiger partial charge >= 0.3 is 0 Å². The van der Waals surface area contributed by atoms with E-state index in [1.165, 1.54) is 13.2 Å². The molecule has 0 radical (unpaired) electrons. The van der Waals surface area contributed by atoms with Crippen molar-refractivity contribution in [3.8, 4) is 22.8 Å². The molecule has 1 N–H and O–H groups in total. The number of hydrogen-bond donors (Lipinski definition) is 1. The second-order valence-corrected chi connectivity index (χ2v) is 6.24. The van der Waals surface area contributed by atoms with Gasteiger partial charge in [-0.05, 0) is 36.4 Å². The minimum absolute atomic E-state index is 0.266. The summed E-state index contributed by atoms with van der Waals surface area (Å²) in [5.41, 5.74) is 1.25. The van der Waals surface area contributed by atoms with Gasteiger partial charge in [-0.15, -0.1) is 0 Å². The molecule has 3 aromatic rings. The molecule has 0 fully saturated rings. The second-order valence-electron chi connectivity index (χ2n) is 5.81. The SMILES string of the molecule is COc1ccc(Cl)cc1NC(=O)Cn1nc(-c2ccccc2OC)ccc1=O. The Bertz CT molecular complexity index is 1070. The van der Waals surface area contributed by atoms with Crippen molar-refractivity contribution < 1.29 is 14.3 Å². The average molecular weight is 400 g/mol. The number of carbonyl (C=O) groups is 1. The van der Waals surface area contributed by atoms with Crippen molar-refractivity contribution in [3.05, 3.63) is 70.0 Å². The molecular weight excluding hydrogens is 382 g/mol. The summed E-state index contributed by atoms with van der Waals surface area (Å²) >= 11 is 5.97. The first-order chi connectivity index (χ1) is 13.5. The van der Waals surface area contributed by atoms with Crippen LogP contribution < -0.4 is 20.3 Å². The van der Waals surface area contributed by atoms with Gasteiger partial charge in [0.2, 0.25) is 5.91 Å². The number of nitrogens with zero attached hydrogens (tertiary/aromatic N) is 2. The number of halogens is 1. The number of para-hydroxylation sites is 1. The summed E-state index contributed by atoms with van der Waals surface area (Å²) in [6.07, 6.45) is 0. The second kappa shape index (κ2) is 8.58. The van der Waals surface area contributed by atoms with Crippen molar-refractivity contribution in [2.45, 2.75) is 6.54 Å². The molecule has 0 aliphatic heterocycles. The highest BCUT2D eigenvalue weighted by atomic mass is 35.5. The average Bonchev–Trinajstić information content (AvgIpc) is 2.70. The van der Waals surface area contributed by atoms with Gasteiger partial charge in [0.15, 0.2) is 0 Å². The van der Waals surface area contributed by atoms with Crippen molar-refractivity contribution in [1.29, 1.82) is 0 Å². The number of anilines is 1. The zero-order chi connectivity index (χ0) is 20.1. The first kappa shape index (κ1) is 19.4. The molecule has 0 aliphatic rings. The molecule has 1 heterocycles. The van der Waals surface area contributed by atoms with Gasteiger partial charge < -0.3 is 14.8 Å². The van der Waals surface area contributed by atoms with Crippen LogP contribution in [0.2, 0.25) is 5.02 Å². The molecule has 8 heteroatoms. The predicted molar refractivity (Wildman–Crippen MR) is 107 cm³/mol. The van der Waals surface area contributed by atoms with E-state index in [0.717, 1.165) is 10.2 Å². The standard InChI is InChI=1S/C20H18ClN3O4/c1-27-17-6-4-3-5-14(17)15-8-10-20(26)24(23-15)12-19(25)22-16-11-13(21)7-9-18(16)28-2/h3-11H,12H2,1-2H3,(H,22,25). The Labute approximate surface area is 166 Å². The van der Waals surface area contributed by atoms with E-state index in [1.807, 2.05) is 18.2 Å². The fourth-order valence-corrected chi connectivity index (χ4v) is 2.84. The fraction of sp³-hybridized carbons (Fsp3) is 0.150. The molecule has 0 atom stereocenters. The monoisotopic (exact) mass is 399 g/mol. The van der Waals surface area contributed by atoms with Crippen LogP contribution in [-0.2, 0) is 11.3 Å². The van der Waals surface area contributed by atoms with E-state index < -0.39 is 11.5 Å². The van der Waals surface area contributed by atoms with E-state index >= 15 is 0 Å². The predicted octanol–water partition coefficient (Wildman–Crippen LogP) is 3.22. The minimum Gasteiger partial charge on any atom is -0.496 e. The van der Waals surface area contributed by atoms with Gasteiger partial charge in [-0.3, -0.25) is 9.59 Å². The number of hydrogen-bond acceptors (Lipinski definition) is 5. The molecule has 0 spiro atoms. The van der Waals surface area contributed by atoms with Crippen LogP contribution in [0.4, 0.5) is 5.69 Å². The van der Waals surface area contributed by atoms with E-state index in [2.05, 4.69) is 10.4 Å². The molecule has 7 nitrogen and oxygen atoms in total. The van der Waals surface area contributed by atoms with Crippen molar-refractivity contribution >= 4 is 23.2 Å². The van der Waals surface area contributed by atoms with Crippen molar-refractivity contribution in [2.75, 3.05) is 19.5 Å². The van der Waals surface area contributed by atoms with Crippen LogP contribution in [0.1, 0.15) is 0 Å². The Hall–Kier alpha value is -3.32. The van der Waals surface area contributed by atoms with Gasteiger partial charge in [-0.1, -0.05) is 23.7 Å². The van der Waals surface area contributed by atoms with E-state index in [0.29, 0.717) is 27.9 Å². The first-order valence-corrected chi connectivity index (χ1v) is 8.74. The zero-order valence-electron chi connectivity index (χ0n) is 15.3. The maximum atomic E-state index is 12.5. The van der Waals surface area contributed by atoms with E-state index in [1.54, 1.807) is 37.4 Å². The molecule has 3 rings (SSSR count). The molecule has 144 valence electrons. The Kier molecular flexibility index (Phi) is 5.96. The highest BCUT2D eigenvalue weighted by Gasteiger charge is 2.13. The Morgan fingerprint density at radius 3 is 2.57 bits per heavy atom. The van der Waals surface area contributed by atoms with Crippen LogP contribution in [0.5, 0.6) is 11.5 Å². The lowest BCUT2D eigenvalue weighted by Crippen LogP contribution is -2.29. The molecule has 1 amide bonds. The summed E-state index contributed by atoms with van der Waals surface area (Å²) in [6, 6.07) is 15.1. The molecule has 0 unspecified atom stereocenters. The van der Waals surface area contributed by atoms with Crippen molar-refractivity contribution in [2.24, 2.45) is 0 Å². The summed E-state index contributed by atoms with van der Waals surface area (Å²) in [5, 5.41) is 7.43. The van der Waals surface area contributed by atoms with Crippen molar-refractivity contribution in [3.63, 3.8) is 0 Å². The third-order valence-corrected chi connectivity index (χ3v) is 4.21. The summed E-state index contributed by atoms with van der Waals surface area (Å²) in [6.45, 7) is -0.266. The quantitative estimate of drug-likeness (QED) is 0.688. The highest BCUT2D eigenvalue weighted by molar-refractivity contribution is 6.31. The Balaban J connectivity index is 1.86. The summed E-state index contributed by atoms with van der Waals surface area (Å²) < 4.78 is 11.6. The smallest absolute Gasteiger partial charge is 0.267 e. The number of methoxy groups -OCH3 is 2. The van der Waals surface area contributed by atoms with Crippen LogP contribution in [0.15, 0.2) is 59.4 Å². The molecule has 0 saturated carbocycles. The van der Waals surface area contributed by atoms with Crippen LogP contribution in [0.25, 0.3) is 11.3 Å². The summed E-state index contributed by atoms with van der Waals surface area (Å²) in [5.74, 6) is 0.640. The number of carbonyl (C=O) groups excluding carboxylic acids is 1. The maximum absolute atomic E-state index is 12.5. The van der Waals surface area contributed by atoms with Gasteiger partial charge in [0.25, 0.3) is 5.56 Å². The number of ether oxygens (including phenoxy) is 2. The first-order valence-electron chi connectivity index (χ1n) is 8.37. The Morgan fingerprint density at radius 2 is 1.82 bits per heavy atom. The highest BCUT2D eigenvalue weighted by Crippen LogP contribution is 2.28. The number of amides is 1. The molecule has 28 heavy (non-hydrogen) atoms. The number of benzene rings is 2. The number of aromatic nitrogens is 2. The Morgan fingerprint density at radius 1 is 1.07 bits per heavy atom. The van der Waals surface area contributed by atoms with E-state index in [4.69, 9.17) is 21.1 Å². The molecular formula is C20H18ClN3O4. The topological polar surface area (TPSA) is 82.4 Å².